The fourth-order valence-corrected chi connectivity index (χ4v) is 2.59. The van der Waals surface area contributed by atoms with Gasteiger partial charge in [0.15, 0.2) is 0 Å². The van der Waals surface area contributed by atoms with Crippen LogP contribution in [0.4, 0.5) is 13.2 Å². The molecule has 1 saturated carbocycles. The average molecular weight is 260 g/mol. The molecule has 0 heterocycles. The van der Waals surface area contributed by atoms with Gasteiger partial charge in [-0.3, -0.25) is 4.18 Å². The van der Waals surface area contributed by atoms with Crippen molar-refractivity contribution in [3.8, 4) is 0 Å². The topological polar surface area (TPSA) is 43.4 Å². The van der Waals surface area contributed by atoms with Gasteiger partial charge in [0.05, 0.1) is 6.10 Å². The Hall–Kier alpha value is -0.300. The van der Waals surface area contributed by atoms with Gasteiger partial charge >= 0.3 is 15.6 Å². The minimum atomic E-state index is -5.45. The quantitative estimate of drug-likeness (QED) is 0.566. The maximum atomic E-state index is 12.1. The number of alkyl halides is 3. The molecule has 16 heavy (non-hydrogen) atoms. The van der Waals surface area contributed by atoms with Crippen LogP contribution in [0.2, 0.25) is 0 Å². The van der Waals surface area contributed by atoms with Crippen molar-refractivity contribution in [2.45, 2.75) is 44.7 Å². The van der Waals surface area contributed by atoms with Gasteiger partial charge in [0, 0.05) is 0 Å². The molecule has 1 aliphatic carbocycles. The van der Waals surface area contributed by atoms with Gasteiger partial charge in [-0.05, 0) is 18.3 Å². The number of halogens is 3. The molecule has 96 valence electrons. The van der Waals surface area contributed by atoms with E-state index in [0.717, 1.165) is 6.42 Å². The highest BCUT2D eigenvalue weighted by atomic mass is 32.2. The van der Waals surface area contributed by atoms with Crippen molar-refractivity contribution >= 4 is 10.1 Å². The summed E-state index contributed by atoms with van der Waals surface area (Å²) in [7, 11) is -5.45. The second-order valence-corrected chi connectivity index (χ2v) is 5.87. The van der Waals surface area contributed by atoms with E-state index in [0.29, 0.717) is 12.8 Å². The Morgan fingerprint density at radius 2 is 1.75 bits per heavy atom. The molecule has 0 saturated heterocycles. The first-order chi connectivity index (χ1) is 7.15. The maximum Gasteiger partial charge on any atom is 0.523 e. The summed E-state index contributed by atoms with van der Waals surface area (Å²) in [5.74, 6) is 0.00746. The summed E-state index contributed by atoms with van der Waals surface area (Å²) in [4.78, 5) is 0. The molecule has 0 N–H and O–H groups in total. The van der Waals surface area contributed by atoms with Crippen LogP contribution < -0.4 is 0 Å². The van der Waals surface area contributed by atoms with Crippen molar-refractivity contribution < 1.29 is 25.8 Å². The molecule has 1 rings (SSSR count). The van der Waals surface area contributed by atoms with Crippen molar-refractivity contribution in [1.82, 2.24) is 0 Å². The summed E-state index contributed by atoms with van der Waals surface area (Å²) in [5.41, 5.74) is -5.33. The van der Waals surface area contributed by atoms with E-state index in [9.17, 15) is 21.6 Å². The van der Waals surface area contributed by atoms with Gasteiger partial charge in [0.25, 0.3) is 0 Å². The third-order valence-corrected chi connectivity index (χ3v) is 4.23. The van der Waals surface area contributed by atoms with Gasteiger partial charge in [-0.15, -0.1) is 0 Å². The predicted octanol–water partition coefficient (Wildman–Crippen LogP) is 2.68. The van der Waals surface area contributed by atoms with Crippen molar-refractivity contribution in [3.63, 3.8) is 0 Å². The second kappa shape index (κ2) is 4.52. The van der Waals surface area contributed by atoms with Gasteiger partial charge < -0.3 is 0 Å². The first-order valence-electron chi connectivity index (χ1n) is 5.14. The molecule has 0 spiro atoms. The summed E-state index contributed by atoms with van der Waals surface area (Å²) in [6.07, 6.45) is 1.10. The summed E-state index contributed by atoms with van der Waals surface area (Å²) in [6, 6.07) is 0. The van der Waals surface area contributed by atoms with E-state index in [4.69, 9.17) is 0 Å². The number of hydrogen-bond donors (Lipinski definition) is 0. The molecule has 0 bridgehead atoms. The van der Waals surface area contributed by atoms with Crippen molar-refractivity contribution in [2.24, 2.45) is 11.8 Å². The monoisotopic (exact) mass is 260 g/mol. The minimum absolute atomic E-state index is 0.175. The van der Waals surface area contributed by atoms with Crippen LogP contribution >= 0.6 is 0 Å². The largest absolute Gasteiger partial charge is 0.523 e. The van der Waals surface area contributed by atoms with Crippen LogP contribution in [0.25, 0.3) is 0 Å². The molecule has 0 radical (unpaired) electrons. The first-order valence-corrected chi connectivity index (χ1v) is 6.55. The Balaban J connectivity index is 2.74. The highest BCUT2D eigenvalue weighted by Gasteiger charge is 2.49. The molecule has 0 aliphatic heterocycles. The van der Waals surface area contributed by atoms with E-state index in [-0.39, 0.29) is 11.8 Å². The SMILES string of the molecule is CC1CCCC(OS(=O)(=O)C(F)(F)F)C1C. The lowest BCUT2D eigenvalue weighted by atomic mass is 9.80. The smallest absolute Gasteiger partial charge is 0.260 e. The lowest BCUT2D eigenvalue weighted by molar-refractivity contribution is -0.0622. The number of rotatable bonds is 2. The van der Waals surface area contributed by atoms with Gasteiger partial charge in [-0.1, -0.05) is 26.7 Å². The molecule has 1 aliphatic rings. The van der Waals surface area contributed by atoms with Crippen LogP contribution in [0.1, 0.15) is 33.1 Å². The highest BCUT2D eigenvalue weighted by Crippen LogP contribution is 2.35. The fourth-order valence-electron chi connectivity index (χ4n) is 1.89. The predicted molar refractivity (Wildman–Crippen MR) is 52.0 cm³/mol. The normalized spacial score (nSPS) is 32.7. The molecule has 3 atom stereocenters. The van der Waals surface area contributed by atoms with Gasteiger partial charge in [0.2, 0.25) is 0 Å². The first kappa shape index (κ1) is 13.8. The summed E-state index contributed by atoms with van der Waals surface area (Å²) >= 11 is 0. The van der Waals surface area contributed by atoms with Crippen LogP contribution in [0, 0.1) is 11.8 Å². The maximum absolute atomic E-state index is 12.1. The van der Waals surface area contributed by atoms with Crippen LogP contribution in [0.5, 0.6) is 0 Å². The Morgan fingerprint density at radius 3 is 2.25 bits per heavy atom. The Morgan fingerprint density at radius 1 is 1.19 bits per heavy atom. The zero-order valence-corrected chi connectivity index (χ0v) is 9.94. The van der Waals surface area contributed by atoms with Crippen LogP contribution in [0.3, 0.4) is 0 Å². The molecule has 0 aromatic heterocycles. The minimum Gasteiger partial charge on any atom is -0.260 e. The highest BCUT2D eigenvalue weighted by molar-refractivity contribution is 7.87. The zero-order valence-electron chi connectivity index (χ0n) is 9.12. The molecule has 3 nitrogen and oxygen atoms in total. The molecular formula is C9H15F3O3S. The van der Waals surface area contributed by atoms with E-state index < -0.39 is 21.7 Å². The molecule has 1 fully saturated rings. The van der Waals surface area contributed by atoms with E-state index >= 15 is 0 Å². The van der Waals surface area contributed by atoms with Crippen molar-refractivity contribution in [1.29, 1.82) is 0 Å². The fraction of sp³-hybridized carbons (Fsp3) is 1.00. The Labute approximate surface area is 93.1 Å². The van der Waals surface area contributed by atoms with Crippen LogP contribution in [-0.2, 0) is 14.3 Å². The summed E-state index contributed by atoms with van der Waals surface area (Å²) in [6.45, 7) is 3.61. The molecule has 7 heteroatoms. The van der Waals surface area contributed by atoms with Gasteiger partial charge in [-0.2, -0.15) is 21.6 Å². The van der Waals surface area contributed by atoms with E-state index in [2.05, 4.69) is 4.18 Å². The third-order valence-electron chi connectivity index (χ3n) is 3.17. The molecule has 0 amide bonds. The van der Waals surface area contributed by atoms with Gasteiger partial charge in [-0.25, -0.2) is 0 Å². The average Bonchev–Trinajstić information content (AvgIpc) is 2.11. The lowest BCUT2D eigenvalue weighted by Crippen LogP contribution is -2.37. The second-order valence-electron chi connectivity index (χ2n) is 4.30. The standard InChI is InChI=1S/C9H15F3O3S/c1-6-4-3-5-8(7(6)2)15-16(13,14)9(10,11)12/h6-8H,3-5H2,1-2H3. The van der Waals surface area contributed by atoms with E-state index in [1.807, 2.05) is 6.92 Å². The van der Waals surface area contributed by atoms with E-state index in [1.54, 1.807) is 6.92 Å². The summed E-state index contributed by atoms with van der Waals surface area (Å²) < 4.78 is 62.2. The van der Waals surface area contributed by atoms with Crippen LogP contribution in [0.15, 0.2) is 0 Å². The lowest BCUT2D eigenvalue weighted by Gasteiger charge is -2.33. The van der Waals surface area contributed by atoms with Crippen molar-refractivity contribution in [2.75, 3.05) is 0 Å². The molecule has 0 aromatic carbocycles. The summed E-state index contributed by atoms with van der Waals surface area (Å²) in [5, 5.41) is 0. The van der Waals surface area contributed by atoms with Crippen LogP contribution in [-0.4, -0.2) is 20.0 Å². The zero-order chi connectivity index (χ0) is 12.6. The molecule has 0 aromatic rings. The molecular weight excluding hydrogens is 245 g/mol. The molecule has 3 unspecified atom stereocenters. The van der Waals surface area contributed by atoms with E-state index in [1.165, 1.54) is 0 Å². The van der Waals surface area contributed by atoms with Crippen molar-refractivity contribution in [3.05, 3.63) is 0 Å². The Kier molecular flexibility index (Phi) is 3.89. The van der Waals surface area contributed by atoms with Gasteiger partial charge in [0.1, 0.15) is 0 Å². The third kappa shape index (κ3) is 2.88. The Bertz CT molecular complexity index is 336. The number of hydrogen-bond acceptors (Lipinski definition) is 3.